The Morgan fingerprint density at radius 1 is 1.10 bits per heavy atom. The van der Waals surface area contributed by atoms with Gasteiger partial charge in [-0.05, 0) is 24.8 Å². The Morgan fingerprint density at radius 3 is 2.60 bits per heavy atom. The Hall–Kier alpha value is -1.16. The van der Waals surface area contributed by atoms with Crippen molar-refractivity contribution in [2.45, 2.75) is 25.7 Å². The Bertz CT molecular complexity index is 399. The minimum atomic E-state index is 0.744. The summed E-state index contributed by atoms with van der Waals surface area (Å²) in [6, 6.07) is 10.7. The second-order valence-corrected chi connectivity index (χ2v) is 6.36. The molecule has 1 aliphatic heterocycles. The van der Waals surface area contributed by atoms with Gasteiger partial charge in [0.15, 0.2) is 5.96 Å². The summed E-state index contributed by atoms with van der Waals surface area (Å²) in [6.07, 6.45) is 4.76. The van der Waals surface area contributed by atoms with Crippen LogP contribution in [0.25, 0.3) is 0 Å². The maximum atomic E-state index is 6.02. The predicted molar refractivity (Wildman–Crippen MR) is 89.4 cm³/mol. The van der Waals surface area contributed by atoms with Crippen LogP contribution in [0.3, 0.4) is 0 Å². The summed E-state index contributed by atoms with van der Waals surface area (Å²) in [5.74, 6) is 3.09. The summed E-state index contributed by atoms with van der Waals surface area (Å²) in [6.45, 7) is 2.96. The van der Waals surface area contributed by atoms with Crippen LogP contribution in [0, 0.1) is 0 Å². The highest BCUT2D eigenvalue weighted by molar-refractivity contribution is 7.99. The van der Waals surface area contributed by atoms with E-state index in [1.54, 1.807) is 0 Å². The number of hydrogen-bond donors (Lipinski definition) is 1. The van der Waals surface area contributed by atoms with E-state index in [1.807, 2.05) is 11.8 Å². The summed E-state index contributed by atoms with van der Waals surface area (Å²) in [7, 11) is 0. The van der Waals surface area contributed by atoms with Crippen LogP contribution < -0.4 is 5.73 Å². The van der Waals surface area contributed by atoms with Gasteiger partial charge in [0.25, 0.3) is 0 Å². The minimum absolute atomic E-state index is 0.744. The van der Waals surface area contributed by atoms with Gasteiger partial charge in [0.1, 0.15) is 0 Å². The topological polar surface area (TPSA) is 41.6 Å². The van der Waals surface area contributed by atoms with Crippen molar-refractivity contribution in [1.82, 2.24) is 4.90 Å². The molecule has 110 valence electrons. The first kappa shape index (κ1) is 15.2. The van der Waals surface area contributed by atoms with Gasteiger partial charge in [-0.25, -0.2) is 0 Å². The van der Waals surface area contributed by atoms with Gasteiger partial charge in [-0.15, -0.1) is 0 Å². The van der Waals surface area contributed by atoms with Crippen LogP contribution in [0.5, 0.6) is 0 Å². The van der Waals surface area contributed by atoms with E-state index >= 15 is 0 Å². The summed E-state index contributed by atoms with van der Waals surface area (Å²) >= 11 is 2.00. The predicted octanol–water partition coefficient (Wildman–Crippen LogP) is 2.76. The molecular weight excluding hydrogens is 266 g/mol. The average Bonchev–Trinajstić information content (AvgIpc) is 2.52. The fraction of sp³-hybridized carbons (Fsp3) is 0.562. The van der Waals surface area contributed by atoms with Crippen LogP contribution in [-0.4, -0.2) is 42.0 Å². The number of unbranched alkanes of at least 4 members (excludes halogenated alkanes) is 2. The number of benzene rings is 1. The molecule has 0 aliphatic carbocycles. The van der Waals surface area contributed by atoms with E-state index in [-0.39, 0.29) is 0 Å². The molecule has 0 atom stereocenters. The maximum Gasteiger partial charge on any atom is 0.191 e. The molecule has 0 aromatic heterocycles. The Labute approximate surface area is 126 Å². The zero-order valence-electron chi connectivity index (χ0n) is 12.1. The lowest BCUT2D eigenvalue weighted by Gasteiger charge is -2.27. The molecular formula is C16H25N3S. The number of nitrogens with two attached hydrogens (primary N) is 1. The van der Waals surface area contributed by atoms with Gasteiger partial charge in [-0.3, -0.25) is 4.99 Å². The van der Waals surface area contributed by atoms with Crippen molar-refractivity contribution in [2.24, 2.45) is 10.7 Å². The standard InChI is InChI=1S/C16H25N3S/c17-16(19-11-13-20-14-12-19)18-10-6-2-5-9-15-7-3-1-4-8-15/h1,3-4,7-8H,2,5-6,9-14H2,(H2,17,18). The van der Waals surface area contributed by atoms with Crippen LogP contribution in [0.15, 0.2) is 35.3 Å². The lowest BCUT2D eigenvalue weighted by atomic mass is 10.1. The molecule has 20 heavy (non-hydrogen) atoms. The van der Waals surface area contributed by atoms with Crippen LogP contribution in [-0.2, 0) is 6.42 Å². The van der Waals surface area contributed by atoms with Gasteiger partial charge in [0.2, 0.25) is 0 Å². The second kappa shape index (κ2) is 8.90. The Balaban J connectivity index is 1.56. The van der Waals surface area contributed by atoms with Crippen molar-refractivity contribution in [3.05, 3.63) is 35.9 Å². The van der Waals surface area contributed by atoms with Gasteiger partial charge in [0, 0.05) is 31.1 Å². The van der Waals surface area contributed by atoms with Crippen molar-refractivity contribution in [3.8, 4) is 0 Å². The summed E-state index contributed by atoms with van der Waals surface area (Å²) < 4.78 is 0. The highest BCUT2D eigenvalue weighted by Crippen LogP contribution is 2.09. The molecule has 0 unspecified atom stereocenters. The van der Waals surface area contributed by atoms with E-state index in [0.29, 0.717) is 0 Å². The number of nitrogens with zero attached hydrogens (tertiary/aromatic N) is 2. The molecule has 0 amide bonds. The third kappa shape index (κ3) is 5.45. The SMILES string of the molecule is NC(=NCCCCCc1ccccc1)N1CCSCC1. The summed E-state index contributed by atoms with van der Waals surface area (Å²) in [5.41, 5.74) is 7.45. The second-order valence-electron chi connectivity index (χ2n) is 5.14. The van der Waals surface area contributed by atoms with E-state index in [2.05, 4.69) is 40.2 Å². The van der Waals surface area contributed by atoms with Gasteiger partial charge < -0.3 is 10.6 Å². The first-order chi connectivity index (χ1) is 9.86. The lowest BCUT2D eigenvalue weighted by Crippen LogP contribution is -2.42. The molecule has 1 saturated heterocycles. The zero-order chi connectivity index (χ0) is 14.0. The first-order valence-corrected chi connectivity index (χ1v) is 8.68. The molecule has 2 N–H and O–H groups in total. The van der Waals surface area contributed by atoms with Crippen LogP contribution in [0.1, 0.15) is 24.8 Å². The van der Waals surface area contributed by atoms with E-state index < -0.39 is 0 Å². The van der Waals surface area contributed by atoms with E-state index in [4.69, 9.17) is 5.73 Å². The van der Waals surface area contributed by atoms with Crippen molar-refractivity contribution < 1.29 is 0 Å². The van der Waals surface area contributed by atoms with Gasteiger partial charge >= 0.3 is 0 Å². The fourth-order valence-corrected chi connectivity index (χ4v) is 3.25. The molecule has 1 aromatic rings. The van der Waals surface area contributed by atoms with Crippen LogP contribution in [0.4, 0.5) is 0 Å². The van der Waals surface area contributed by atoms with E-state index in [9.17, 15) is 0 Å². The number of thioether (sulfide) groups is 1. The molecule has 1 aliphatic rings. The summed E-state index contributed by atoms with van der Waals surface area (Å²) in [5, 5.41) is 0. The normalized spacial score (nSPS) is 16.4. The fourth-order valence-electron chi connectivity index (χ4n) is 2.35. The van der Waals surface area contributed by atoms with Crippen LogP contribution in [0.2, 0.25) is 0 Å². The van der Waals surface area contributed by atoms with Gasteiger partial charge in [0.05, 0.1) is 0 Å². The first-order valence-electron chi connectivity index (χ1n) is 7.53. The molecule has 0 spiro atoms. The number of aliphatic imine (C=N–C) groups is 1. The van der Waals surface area contributed by atoms with Crippen molar-refractivity contribution in [2.75, 3.05) is 31.1 Å². The average molecular weight is 291 g/mol. The highest BCUT2D eigenvalue weighted by Gasteiger charge is 2.11. The monoisotopic (exact) mass is 291 g/mol. The number of aryl methyl sites for hydroxylation is 1. The zero-order valence-corrected chi connectivity index (χ0v) is 12.9. The van der Waals surface area contributed by atoms with E-state index in [1.165, 1.54) is 36.3 Å². The molecule has 4 heteroatoms. The van der Waals surface area contributed by atoms with Crippen molar-refractivity contribution in [3.63, 3.8) is 0 Å². The molecule has 1 aromatic carbocycles. The molecule has 0 radical (unpaired) electrons. The minimum Gasteiger partial charge on any atom is -0.370 e. The largest absolute Gasteiger partial charge is 0.370 e. The van der Waals surface area contributed by atoms with Crippen LogP contribution >= 0.6 is 11.8 Å². The van der Waals surface area contributed by atoms with E-state index in [0.717, 1.165) is 32.0 Å². The quantitative estimate of drug-likeness (QED) is 0.498. The van der Waals surface area contributed by atoms with Crippen molar-refractivity contribution >= 4 is 17.7 Å². The molecule has 2 rings (SSSR count). The molecule has 1 heterocycles. The maximum absolute atomic E-state index is 6.02. The third-order valence-corrected chi connectivity index (χ3v) is 4.52. The lowest BCUT2D eigenvalue weighted by molar-refractivity contribution is 0.455. The summed E-state index contributed by atoms with van der Waals surface area (Å²) in [4.78, 5) is 6.71. The van der Waals surface area contributed by atoms with Gasteiger partial charge in [-0.2, -0.15) is 11.8 Å². The molecule has 3 nitrogen and oxygen atoms in total. The smallest absolute Gasteiger partial charge is 0.191 e. The Morgan fingerprint density at radius 2 is 1.85 bits per heavy atom. The highest BCUT2D eigenvalue weighted by atomic mass is 32.2. The molecule has 0 saturated carbocycles. The number of guanidine groups is 1. The third-order valence-electron chi connectivity index (χ3n) is 3.58. The Kier molecular flexibility index (Phi) is 6.78. The molecule has 1 fully saturated rings. The van der Waals surface area contributed by atoms with Gasteiger partial charge in [-0.1, -0.05) is 36.8 Å². The number of rotatable bonds is 6. The number of hydrogen-bond acceptors (Lipinski definition) is 2. The van der Waals surface area contributed by atoms with Crippen molar-refractivity contribution in [1.29, 1.82) is 0 Å². The molecule has 0 bridgehead atoms.